The van der Waals surface area contributed by atoms with Crippen LogP contribution in [0.3, 0.4) is 0 Å². The molecule has 1 N–H and O–H groups in total. The normalized spacial score (nSPS) is 10.7. The van der Waals surface area contributed by atoms with E-state index in [0.29, 0.717) is 4.68 Å². The summed E-state index contributed by atoms with van der Waals surface area (Å²) in [6, 6.07) is -1.52. The fraction of sp³-hybridized carbons (Fsp3) is 0.333. The van der Waals surface area contributed by atoms with Crippen LogP contribution in [0.15, 0.2) is 15.1 Å². The topological polar surface area (TPSA) is 148 Å². The molecule has 2 aromatic heterocycles. The molecule has 144 valence electrons. The summed E-state index contributed by atoms with van der Waals surface area (Å²) >= 11 is 0.975. The average molecular weight is 430 g/mol. The number of carbonyl (C=O) groups is 2. The van der Waals surface area contributed by atoms with Gasteiger partial charge in [0.05, 0.1) is 14.2 Å². The molecule has 0 bridgehead atoms. The zero-order valence-corrected chi connectivity index (χ0v) is 15.6. The van der Waals surface area contributed by atoms with E-state index in [1.807, 2.05) is 0 Å². The number of thiophene rings is 1. The number of amides is 1. The van der Waals surface area contributed by atoms with Crippen LogP contribution in [0, 0.1) is 6.92 Å². The van der Waals surface area contributed by atoms with E-state index in [1.54, 1.807) is 4.72 Å². The first kappa shape index (κ1) is 23.2. The third kappa shape index (κ3) is 4.70. The van der Waals surface area contributed by atoms with Gasteiger partial charge in [0.15, 0.2) is 5.75 Å². The van der Waals surface area contributed by atoms with Gasteiger partial charge in [-0.1, -0.05) is 0 Å². The number of hydrogen-bond donors (Lipinski definition) is 1. The van der Waals surface area contributed by atoms with Gasteiger partial charge in [-0.2, -0.15) is 0 Å². The molecule has 0 aromatic carbocycles. The van der Waals surface area contributed by atoms with Gasteiger partial charge in [0.25, 0.3) is 10.0 Å². The molecule has 2 rings (SSSR count). The zero-order valence-electron chi connectivity index (χ0n) is 14.0. The summed E-state index contributed by atoms with van der Waals surface area (Å²) in [5.74, 6) is -0.314. The Morgan fingerprint density at radius 1 is 1.30 bits per heavy atom. The second-order valence-corrected chi connectivity index (χ2v) is 7.40. The van der Waals surface area contributed by atoms with Gasteiger partial charge >= 0.3 is 53.4 Å². The summed E-state index contributed by atoms with van der Waals surface area (Å²) in [4.78, 5) is 35.1. The minimum atomic E-state index is -4.48. The molecule has 15 heteroatoms. The van der Waals surface area contributed by atoms with Gasteiger partial charge in [0.1, 0.15) is 4.90 Å². The van der Waals surface area contributed by atoms with Crippen molar-refractivity contribution in [1.29, 1.82) is 0 Å². The van der Waals surface area contributed by atoms with Crippen LogP contribution < -0.4 is 19.9 Å². The van der Waals surface area contributed by atoms with Crippen LogP contribution in [0.2, 0.25) is 0 Å². The van der Waals surface area contributed by atoms with E-state index < -0.39 is 32.8 Å². The van der Waals surface area contributed by atoms with E-state index in [4.69, 9.17) is 9.47 Å². The average Bonchev–Trinajstić information content (AvgIpc) is 3.08. The van der Waals surface area contributed by atoms with Gasteiger partial charge < -0.3 is 14.2 Å². The van der Waals surface area contributed by atoms with Gasteiger partial charge in [-0.15, -0.1) is 21.1 Å². The second-order valence-electron chi connectivity index (χ2n) is 4.69. The number of methoxy groups -OCH3 is 2. The zero-order chi connectivity index (χ0) is 19.6. The number of nitrogens with one attached hydrogen (secondary N) is 1. The molecule has 0 radical (unpaired) electrons. The van der Waals surface area contributed by atoms with Gasteiger partial charge in [-0.3, -0.25) is 0 Å². The Hall–Kier alpha value is -1.87. The van der Waals surface area contributed by atoms with Gasteiger partial charge in [0.2, 0.25) is 0 Å². The molecular weight excluding hydrogens is 415 g/mol. The fourth-order valence-corrected chi connectivity index (χ4v) is 4.25. The van der Waals surface area contributed by atoms with Crippen molar-refractivity contribution in [2.45, 2.75) is 11.8 Å². The quantitative estimate of drug-likeness (QED) is 0.496. The number of aromatic nitrogens is 3. The summed E-state index contributed by atoms with van der Waals surface area (Å²) < 4.78 is 41.8. The maximum atomic E-state index is 12.5. The molecule has 0 saturated carbocycles. The fourth-order valence-electron chi connectivity index (χ4n) is 1.88. The van der Waals surface area contributed by atoms with Crippen molar-refractivity contribution in [3.8, 4) is 11.8 Å². The van der Waals surface area contributed by atoms with Crippen LogP contribution in [0.4, 0.5) is 9.59 Å². The number of rotatable bonds is 4. The maximum absolute atomic E-state index is 12.5. The molecule has 0 fully saturated rings. The van der Waals surface area contributed by atoms with E-state index in [-0.39, 0.29) is 46.2 Å². The first-order valence-electron chi connectivity index (χ1n) is 6.73. The molecule has 0 aliphatic rings. The summed E-state index contributed by atoms with van der Waals surface area (Å²) in [6.45, 7) is 1.45. The molecular formula is C12H15N4NaO8S2. The molecule has 0 saturated heterocycles. The number of sulfonamides is 1. The van der Waals surface area contributed by atoms with E-state index >= 15 is 0 Å². The standard InChI is InChI=1S/C12H14N4O8S2.Na.H/c1-6-8(7(5-25-6)24-12(19)23-4)26(20,21)14-9(17)16-11(18)15(2)10(13-16)22-3;;/h5H,1-4H3,(H,14,17);;. The third-order valence-corrected chi connectivity index (χ3v) is 5.56. The van der Waals surface area contributed by atoms with Crippen LogP contribution in [-0.2, 0) is 21.8 Å². The summed E-state index contributed by atoms with van der Waals surface area (Å²) in [7, 11) is -0.907. The Bertz CT molecular complexity index is 1020. The van der Waals surface area contributed by atoms with E-state index in [9.17, 15) is 22.8 Å². The molecule has 0 aliphatic heterocycles. The second kappa shape index (κ2) is 8.88. The van der Waals surface area contributed by atoms with E-state index in [0.717, 1.165) is 23.0 Å². The van der Waals surface area contributed by atoms with E-state index in [1.165, 1.54) is 26.5 Å². The Kier molecular flexibility index (Phi) is 7.62. The van der Waals surface area contributed by atoms with Crippen molar-refractivity contribution >= 4 is 63.1 Å². The summed E-state index contributed by atoms with van der Waals surface area (Å²) in [6.07, 6.45) is -1.13. The molecule has 0 unspecified atom stereocenters. The number of ether oxygens (including phenoxy) is 3. The Morgan fingerprint density at radius 2 is 1.93 bits per heavy atom. The third-order valence-electron chi connectivity index (χ3n) is 3.05. The van der Waals surface area contributed by atoms with E-state index in [2.05, 4.69) is 9.84 Å². The van der Waals surface area contributed by atoms with Crippen molar-refractivity contribution in [3.05, 3.63) is 20.7 Å². The molecule has 2 aromatic rings. The molecule has 0 atom stereocenters. The SMILES string of the molecule is COC(=O)Oc1csc(C)c1S(=O)(=O)NC(=O)n1nc(OC)n(C)c1=O.[NaH]. The molecule has 0 aliphatic carbocycles. The van der Waals surface area contributed by atoms with Crippen molar-refractivity contribution < 1.29 is 32.2 Å². The van der Waals surface area contributed by atoms with Crippen molar-refractivity contribution in [2.75, 3.05) is 14.2 Å². The van der Waals surface area contributed by atoms with Crippen LogP contribution in [-0.4, -0.2) is 78.7 Å². The predicted molar refractivity (Wildman–Crippen MR) is 94.4 cm³/mol. The van der Waals surface area contributed by atoms with Crippen LogP contribution in [0.1, 0.15) is 4.88 Å². The van der Waals surface area contributed by atoms with Gasteiger partial charge in [-0.25, -0.2) is 32.1 Å². The number of aryl methyl sites for hydroxylation is 1. The minimum absolute atomic E-state index is 0. The number of carbonyl (C=O) groups excluding carboxylic acids is 2. The molecule has 2 heterocycles. The first-order chi connectivity index (χ1) is 12.1. The van der Waals surface area contributed by atoms with Gasteiger partial charge in [0, 0.05) is 17.3 Å². The monoisotopic (exact) mass is 430 g/mol. The van der Waals surface area contributed by atoms with Crippen molar-refractivity contribution in [2.24, 2.45) is 7.05 Å². The van der Waals surface area contributed by atoms with Crippen LogP contribution in [0.25, 0.3) is 0 Å². The number of hydrogen-bond acceptors (Lipinski definition) is 10. The molecule has 1 amide bonds. The molecule has 27 heavy (non-hydrogen) atoms. The number of nitrogens with zero attached hydrogens (tertiary/aromatic N) is 3. The summed E-state index contributed by atoms with van der Waals surface area (Å²) in [5, 5.41) is 4.83. The Morgan fingerprint density at radius 3 is 2.44 bits per heavy atom. The Labute approximate surface area is 179 Å². The molecule has 0 spiro atoms. The van der Waals surface area contributed by atoms with Crippen LogP contribution >= 0.6 is 11.3 Å². The predicted octanol–water partition coefficient (Wildman–Crippen LogP) is -0.596. The first-order valence-corrected chi connectivity index (χ1v) is 9.09. The van der Waals surface area contributed by atoms with Crippen molar-refractivity contribution in [3.63, 3.8) is 0 Å². The molecule has 12 nitrogen and oxygen atoms in total. The summed E-state index contributed by atoms with van der Waals surface area (Å²) in [5.41, 5.74) is -0.914. The van der Waals surface area contributed by atoms with Crippen LogP contribution in [0.5, 0.6) is 11.8 Å². The van der Waals surface area contributed by atoms with Gasteiger partial charge in [-0.05, 0) is 6.92 Å². The Balaban J connectivity index is 0.00000364. The van der Waals surface area contributed by atoms with Crippen molar-refractivity contribution in [1.82, 2.24) is 19.1 Å².